The number of carbonyl (C=O) groups is 1. The summed E-state index contributed by atoms with van der Waals surface area (Å²) in [4.78, 5) is 12.1. The summed E-state index contributed by atoms with van der Waals surface area (Å²) < 4.78 is 10.3. The predicted octanol–water partition coefficient (Wildman–Crippen LogP) is 2.79. The summed E-state index contributed by atoms with van der Waals surface area (Å²) in [5, 5.41) is 10.8. The van der Waals surface area contributed by atoms with Gasteiger partial charge in [-0.2, -0.15) is 0 Å². The van der Waals surface area contributed by atoms with E-state index in [2.05, 4.69) is 15.5 Å². The van der Waals surface area contributed by atoms with Crippen LogP contribution in [0.15, 0.2) is 30.3 Å². The number of ether oxygens (including phenoxy) is 2. The monoisotopic (exact) mass is 307 g/mol. The van der Waals surface area contributed by atoms with E-state index in [0.29, 0.717) is 28.9 Å². The average molecular weight is 308 g/mol. The lowest BCUT2D eigenvalue weighted by atomic mass is 10.2. The largest absolute Gasteiger partial charge is 0.495 e. The van der Waals surface area contributed by atoms with Gasteiger partial charge in [0.25, 0.3) is 5.91 Å². The van der Waals surface area contributed by atoms with Crippen LogP contribution < -0.4 is 14.8 Å². The highest BCUT2D eigenvalue weighted by Gasteiger charge is 2.12. The number of methoxy groups -OCH3 is 1. The minimum absolute atomic E-state index is 0.167. The van der Waals surface area contributed by atoms with Gasteiger partial charge in [-0.25, -0.2) is 0 Å². The first-order chi connectivity index (χ1) is 10.1. The molecular formula is C14H14ClN3O3. The fraction of sp³-hybridized carbons (Fsp3) is 0.214. The van der Waals surface area contributed by atoms with E-state index in [1.54, 1.807) is 24.3 Å². The highest BCUT2D eigenvalue weighted by molar-refractivity contribution is 6.31. The predicted molar refractivity (Wildman–Crippen MR) is 79.2 cm³/mol. The Morgan fingerprint density at radius 3 is 2.71 bits per heavy atom. The van der Waals surface area contributed by atoms with Crippen molar-refractivity contribution in [3.8, 4) is 11.6 Å². The number of rotatable bonds is 5. The average Bonchev–Trinajstić information content (AvgIpc) is 2.48. The number of halogens is 1. The van der Waals surface area contributed by atoms with Crippen molar-refractivity contribution >= 4 is 23.2 Å². The van der Waals surface area contributed by atoms with Gasteiger partial charge in [0.1, 0.15) is 5.75 Å². The molecule has 0 saturated heterocycles. The van der Waals surface area contributed by atoms with Gasteiger partial charge in [0.05, 0.1) is 19.4 Å². The normalized spacial score (nSPS) is 10.0. The maximum absolute atomic E-state index is 12.1. The Labute approximate surface area is 127 Å². The van der Waals surface area contributed by atoms with E-state index in [0.717, 1.165) is 0 Å². The summed E-state index contributed by atoms with van der Waals surface area (Å²) in [5.41, 5.74) is 0.631. The van der Waals surface area contributed by atoms with E-state index in [-0.39, 0.29) is 5.69 Å². The van der Waals surface area contributed by atoms with E-state index in [1.165, 1.54) is 13.2 Å². The van der Waals surface area contributed by atoms with Gasteiger partial charge in [-0.3, -0.25) is 4.79 Å². The molecule has 0 aliphatic heterocycles. The number of amides is 1. The van der Waals surface area contributed by atoms with Crippen LogP contribution in [-0.4, -0.2) is 29.8 Å². The second-order valence-corrected chi connectivity index (χ2v) is 4.42. The second kappa shape index (κ2) is 6.90. The van der Waals surface area contributed by atoms with Crippen molar-refractivity contribution in [1.82, 2.24) is 10.2 Å². The minimum Gasteiger partial charge on any atom is -0.495 e. The van der Waals surface area contributed by atoms with Gasteiger partial charge in [0, 0.05) is 11.1 Å². The first-order valence-corrected chi connectivity index (χ1v) is 6.63. The molecule has 1 amide bonds. The Bertz CT molecular complexity index is 632. The number of hydrogen-bond donors (Lipinski definition) is 1. The van der Waals surface area contributed by atoms with Gasteiger partial charge in [-0.15, -0.1) is 10.2 Å². The van der Waals surface area contributed by atoms with Gasteiger partial charge >= 0.3 is 0 Å². The molecule has 2 rings (SSSR count). The maximum Gasteiger partial charge on any atom is 0.276 e. The first kappa shape index (κ1) is 15.1. The van der Waals surface area contributed by atoms with Gasteiger partial charge in [0.15, 0.2) is 5.69 Å². The lowest BCUT2D eigenvalue weighted by molar-refractivity contribution is 0.102. The summed E-state index contributed by atoms with van der Waals surface area (Å²) in [6, 6.07) is 8.06. The van der Waals surface area contributed by atoms with Crippen LogP contribution in [0.1, 0.15) is 17.4 Å². The second-order valence-electron chi connectivity index (χ2n) is 3.99. The number of nitrogens with one attached hydrogen (secondary N) is 1. The molecular weight excluding hydrogens is 294 g/mol. The Hall–Kier alpha value is -2.34. The molecule has 1 aromatic heterocycles. The Kier molecular flexibility index (Phi) is 4.94. The van der Waals surface area contributed by atoms with Crippen LogP contribution in [0.4, 0.5) is 5.69 Å². The van der Waals surface area contributed by atoms with Crippen molar-refractivity contribution in [3.63, 3.8) is 0 Å². The number of benzene rings is 1. The molecule has 21 heavy (non-hydrogen) atoms. The molecule has 1 heterocycles. The van der Waals surface area contributed by atoms with Gasteiger partial charge in [-0.05, 0) is 31.2 Å². The highest BCUT2D eigenvalue weighted by Crippen LogP contribution is 2.27. The Morgan fingerprint density at radius 1 is 1.29 bits per heavy atom. The molecule has 0 fully saturated rings. The lowest BCUT2D eigenvalue weighted by Gasteiger charge is -2.10. The van der Waals surface area contributed by atoms with Crippen LogP contribution in [0, 0.1) is 0 Å². The third kappa shape index (κ3) is 3.82. The lowest BCUT2D eigenvalue weighted by Crippen LogP contribution is -2.15. The smallest absolute Gasteiger partial charge is 0.276 e. The molecule has 7 heteroatoms. The quantitative estimate of drug-likeness (QED) is 0.919. The van der Waals surface area contributed by atoms with E-state index in [4.69, 9.17) is 21.1 Å². The van der Waals surface area contributed by atoms with Crippen LogP contribution in [0.3, 0.4) is 0 Å². The zero-order valence-electron chi connectivity index (χ0n) is 11.6. The van der Waals surface area contributed by atoms with Crippen LogP contribution >= 0.6 is 11.6 Å². The van der Waals surface area contributed by atoms with Crippen molar-refractivity contribution in [2.75, 3.05) is 19.0 Å². The topological polar surface area (TPSA) is 73.3 Å². The zero-order chi connectivity index (χ0) is 15.2. The first-order valence-electron chi connectivity index (χ1n) is 6.25. The van der Waals surface area contributed by atoms with Crippen molar-refractivity contribution in [2.24, 2.45) is 0 Å². The Morgan fingerprint density at radius 2 is 2.10 bits per heavy atom. The summed E-state index contributed by atoms with van der Waals surface area (Å²) in [6.07, 6.45) is 0. The molecule has 0 aliphatic carbocycles. The van der Waals surface area contributed by atoms with Gasteiger partial charge in [0.2, 0.25) is 5.88 Å². The minimum atomic E-state index is -0.411. The molecule has 0 aliphatic rings. The number of nitrogens with zero attached hydrogens (tertiary/aromatic N) is 2. The van der Waals surface area contributed by atoms with E-state index >= 15 is 0 Å². The standard InChI is InChI=1S/C14H14ClN3O3/c1-3-21-13-7-5-10(17-18-13)14(19)16-11-8-9(15)4-6-12(11)20-2/h4-8H,3H2,1-2H3,(H,16,19). The van der Waals surface area contributed by atoms with Crippen molar-refractivity contribution < 1.29 is 14.3 Å². The molecule has 6 nitrogen and oxygen atoms in total. The van der Waals surface area contributed by atoms with Crippen LogP contribution in [0.25, 0.3) is 0 Å². The number of carbonyl (C=O) groups excluding carboxylic acids is 1. The molecule has 0 spiro atoms. The van der Waals surface area contributed by atoms with Crippen LogP contribution in [0.5, 0.6) is 11.6 Å². The molecule has 1 aromatic carbocycles. The number of anilines is 1. The maximum atomic E-state index is 12.1. The third-order valence-corrected chi connectivity index (χ3v) is 2.81. The summed E-state index contributed by atoms with van der Waals surface area (Å²) >= 11 is 5.91. The van der Waals surface area contributed by atoms with E-state index in [9.17, 15) is 4.79 Å². The molecule has 110 valence electrons. The number of hydrogen-bond acceptors (Lipinski definition) is 5. The van der Waals surface area contributed by atoms with E-state index < -0.39 is 5.91 Å². The molecule has 0 saturated carbocycles. The third-order valence-electron chi connectivity index (χ3n) is 2.57. The molecule has 1 N–H and O–H groups in total. The van der Waals surface area contributed by atoms with Gasteiger partial charge in [-0.1, -0.05) is 11.6 Å². The number of aromatic nitrogens is 2. The summed E-state index contributed by atoms with van der Waals surface area (Å²) in [5.74, 6) is 0.465. The van der Waals surface area contributed by atoms with Crippen molar-refractivity contribution in [2.45, 2.75) is 6.92 Å². The van der Waals surface area contributed by atoms with Crippen molar-refractivity contribution in [1.29, 1.82) is 0 Å². The highest BCUT2D eigenvalue weighted by atomic mass is 35.5. The van der Waals surface area contributed by atoms with E-state index in [1.807, 2.05) is 6.92 Å². The van der Waals surface area contributed by atoms with Gasteiger partial charge < -0.3 is 14.8 Å². The van der Waals surface area contributed by atoms with Crippen LogP contribution in [0.2, 0.25) is 5.02 Å². The summed E-state index contributed by atoms with van der Waals surface area (Å²) in [7, 11) is 1.51. The molecule has 0 atom stereocenters. The fourth-order valence-corrected chi connectivity index (χ4v) is 1.80. The molecule has 0 unspecified atom stereocenters. The SMILES string of the molecule is CCOc1ccc(C(=O)Nc2cc(Cl)ccc2OC)nn1. The van der Waals surface area contributed by atoms with Crippen molar-refractivity contribution in [3.05, 3.63) is 41.0 Å². The fourth-order valence-electron chi connectivity index (χ4n) is 1.63. The van der Waals surface area contributed by atoms with Crippen LogP contribution in [-0.2, 0) is 0 Å². The summed E-state index contributed by atoms with van der Waals surface area (Å²) in [6.45, 7) is 2.33. The molecule has 0 radical (unpaired) electrons. The molecule has 2 aromatic rings. The molecule has 0 bridgehead atoms. The Balaban J connectivity index is 2.15. The zero-order valence-corrected chi connectivity index (χ0v) is 12.3.